The number of carboxylic acid groups (broad SMARTS) is 1. The molecule has 0 unspecified atom stereocenters. The number of carbonyl (C=O) groups excluding carboxylic acids is 1. The van der Waals surface area contributed by atoms with E-state index in [4.69, 9.17) is 0 Å². The first-order chi connectivity index (χ1) is 9.88. The minimum Gasteiger partial charge on any atom is -0.465 e. The summed E-state index contributed by atoms with van der Waals surface area (Å²) in [6, 6.07) is -0.134. The van der Waals surface area contributed by atoms with Crippen LogP contribution in [0.25, 0.3) is 0 Å². The number of hydrogen-bond acceptors (Lipinski definition) is 3. The lowest BCUT2D eigenvalue weighted by atomic mass is 10.00. The largest absolute Gasteiger partial charge is 0.465 e. The molecule has 7 heteroatoms. The molecule has 2 aliphatic rings. The Balaban J connectivity index is 2.09. The number of likely N-dealkylation sites (N-methyl/N-ethyl adjacent to an activating group) is 1. The van der Waals surface area contributed by atoms with Gasteiger partial charge in [0.05, 0.1) is 18.8 Å². The van der Waals surface area contributed by atoms with E-state index in [0.717, 1.165) is 16.8 Å². The summed E-state index contributed by atoms with van der Waals surface area (Å²) in [6.07, 6.45) is -0.433. The summed E-state index contributed by atoms with van der Waals surface area (Å²) in [6.45, 7) is 7.03. The summed E-state index contributed by atoms with van der Waals surface area (Å²) >= 11 is 0. The van der Waals surface area contributed by atoms with Crippen molar-refractivity contribution in [3.8, 4) is 0 Å². The zero-order valence-corrected chi connectivity index (χ0v) is 12.2. The van der Waals surface area contributed by atoms with E-state index in [1.54, 1.807) is 16.6 Å². The Kier molecular flexibility index (Phi) is 3.00. The lowest BCUT2D eigenvalue weighted by Gasteiger charge is -2.30. The highest BCUT2D eigenvalue weighted by Crippen LogP contribution is 2.28. The fourth-order valence-electron chi connectivity index (χ4n) is 3.05. The minimum atomic E-state index is -0.966. The molecule has 7 nitrogen and oxygen atoms in total. The molecule has 21 heavy (non-hydrogen) atoms. The van der Waals surface area contributed by atoms with Crippen LogP contribution in [0.5, 0.6) is 0 Å². The van der Waals surface area contributed by atoms with Crippen molar-refractivity contribution in [2.45, 2.75) is 32.5 Å². The third-order valence-electron chi connectivity index (χ3n) is 4.11. The Hall–Kier alpha value is -2.31. The van der Waals surface area contributed by atoms with Crippen molar-refractivity contribution in [2.75, 3.05) is 13.6 Å². The lowest BCUT2D eigenvalue weighted by Crippen LogP contribution is -2.42. The molecule has 0 radical (unpaired) electrons. The highest BCUT2D eigenvalue weighted by atomic mass is 16.4. The third kappa shape index (κ3) is 2.09. The van der Waals surface area contributed by atoms with E-state index >= 15 is 0 Å². The Bertz CT molecular complexity index is 649. The molecule has 0 aliphatic carbocycles. The second kappa shape index (κ2) is 4.61. The van der Waals surface area contributed by atoms with Gasteiger partial charge in [-0.2, -0.15) is 5.10 Å². The van der Waals surface area contributed by atoms with Crippen LogP contribution >= 0.6 is 0 Å². The SMILES string of the molecule is C=C1CN(C)C(=O)c2c3c(nn2C1)C[C@@H](C)N(C(=O)O)C3. The van der Waals surface area contributed by atoms with Crippen LogP contribution in [0.2, 0.25) is 0 Å². The molecule has 0 fully saturated rings. The standard InChI is InChI=1S/C14H18N4O3/c1-8-5-16(3)13(19)12-10-7-17(14(20)21)9(2)4-11(10)15-18(12)6-8/h9H,1,4-7H2,2-3H3,(H,20,21)/t9-/m1/s1. The summed E-state index contributed by atoms with van der Waals surface area (Å²) in [7, 11) is 1.73. The predicted octanol–water partition coefficient (Wildman–Crippen LogP) is 0.950. The summed E-state index contributed by atoms with van der Waals surface area (Å²) in [5.74, 6) is -0.123. The summed E-state index contributed by atoms with van der Waals surface area (Å²) in [5.41, 5.74) is 2.98. The maximum atomic E-state index is 12.5. The highest BCUT2D eigenvalue weighted by molar-refractivity contribution is 5.95. The molecule has 0 spiro atoms. The normalized spacial score (nSPS) is 21.9. The monoisotopic (exact) mass is 290 g/mol. The van der Waals surface area contributed by atoms with E-state index in [-0.39, 0.29) is 18.5 Å². The Labute approximate surface area is 122 Å². The number of aromatic nitrogens is 2. The van der Waals surface area contributed by atoms with E-state index in [1.165, 1.54) is 4.90 Å². The molecule has 0 saturated carbocycles. The second-order valence-corrected chi connectivity index (χ2v) is 5.81. The van der Waals surface area contributed by atoms with Crippen LogP contribution in [-0.4, -0.2) is 56.3 Å². The Morgan fingerprint density at radius 1 is 1.38 bits per heavy atom. The van der Waals surface area contributed by atoms with Gasteiger partial charge in [-0.05, 0) is 12.5 Å². The van der Waals surface area contributed by atoms with Crippen molar-refractivity contribution < 1.29 is 14.7 Å². The lowest BCUT2D eigenvalue weighted by molar-refractivity contribution is 0.0798. The van der Waals surface area contributed by atoms with E-state index in [1.807, 2.05) is 6.92 Å². The van der Waals surface area contributed by atoms with Crippen molar-refractivity contribution in [2.24, 2.45) is 0 Å². The topological polar surface area (TPSA) is 78.7 Å². The average Bonchev–Trinajstić information content (AvgIpc) is 2.67. The van der Waals surface area contributed by atoms with Crippen molar-refractivity contribution in [1.29, 1.82) is 0 Å². The van der Waals surface area contributed by atoms with Gasteiger partial charge in [0.25, 0.3) is 5.91 Å². The van der Waals surface area contributed by atoms with Gasteiger partial charge in [0.15, 0.2) is 0 Å². The van der Waals surface area contributed by atoms with Gasteiger partial charge in [0, 0.05) is 31.6 Å². The molecule has 112 valence electrons. The van der Waals surface area contributed by atoms with Crippen LogP contribution in [0.3, 0.4) is 0 Å². The molecule has 1 aromatic heterocycles. The Morgan fingerprint density at radius 2 is 2.10 bits per heavy atom. The van der Waals surface area contributed by atoms with Gasteiger partial charge in [0.1, 0.15) is 5.69 Å². The summed E-state index contributed by atoms with van der Waals surface area (Å²) in [5, 5.41) is 13.8. The van der Waals surface area contributed by atoms with Crippen LogP contribution in [0, 0.1) is 0 Å². The van der Waals surface area contributed by atoms with E-state index in [2.05, 4.69) is 11.7 Å². The van der Waals surface area contributed by atoms with E-state index in [9.17, 15) is 14.7 Å². The number of amides is 2. The molecule has 0 aromatic carbocycles. The third-order valence-corrected chi connectivity index (χ3v) is 4.11. The molecule has 2 aliphatic heterocycles. The molecule has 3 heterocycles. The molecular formula is C14H18N4O3. The van der Waals surface area contributed by atoms with Gasteiger partial charge in [0.2, 0.25) is 0 Å². The van der Waals surface area contributed by atoms with Crippen LogP contribution in [0.4, 0.5) is 4.79 Å². The van der Waals surface area contributed by atoms with Gasteiger partial charge >= 0.3 is 6.09 Å². The van der Waals surface area contributed by atoms with E-state index < -0.39 is 6.09 Å². The van der Waals surface area contributed by atoms with Crippen molar-refractivity contribution in [3.63, 3.8) is 0 Å². The molecule has 3 rings (SSSR count). The molecule has 0 saturated heterocycles. The van der Waals surface area contributed by atoms with Crippen molar-refractivity contribution in [3.05, 3.63) is 29.1 Å². The molecule has 0 bridgehead atoms. The number of rotatable bonds is 0. The second-order valence-electron chi connectivity index (χ2n) is 5.81. The van der Waals surface area contributed by atoms with Crippen LogP contribution < -0.4 is 0 Å². The van der Waals surface area contributed by atoms with Crippen molar-refractivity contribution >= 4 is 12.0 Å². The first-order valence-electron chi connectivity index (χ1n) is 6.88. The number of carbonyl (C=O) groups is 2. The van der Waals surface area contributed by atoms with Crippen LogP contribution in [0.15, 0.2) is 12.2 Å². The predicted molar refractivity (Wildman–Crippen MR) is 75.1 cm³/mol. The van der Waals surface area contributed by atoms with Crippen molar-refractivity contribution in [1.82, 2.24) is 19.6 Å². The zero-order chi connectivity index (χ0) is 15.3. The molecule has 1 N–H and O–H groups in total. The fourth-order valence-corrected chi connectivity index (χ4v) is 3.05. The smallest absolute Gasteiger partial charge is 0.407 e. The van der Waals surface area contributed by atoms with E-state index in [0.29, 0.717) is 25.2 Å². The van der Waals surface area contributed by atoms with Gasteiger partial charge in [-0.15, -0.1) is 0 Å². The molecule has 1 aromatic rings. The van der Waals surface area contributed by atoms with Gasteiger partial charge < -0.3 is 14.9 Å². The van der Waals surface area contributed by atoms with Gasteiger partial charge in [-0.25, -0.2) is 4.79 Å². The minimum absolute atomic E-state index is 0.123. The molecule has 2 amide bonds. The maximum absolute atomic E-state index is 12.5. The quantitative estimate of drug-likeness (QED) is 0.722. The van der Waals surface area contributed by atoms with Gasteiger partial charge in [-0.1, -0.05) is 6.58 Å². The number of hydrogen-bond donors (Lipinski definition) is 1. The molecular weight excluding hydrogens is 272 g/mol. The van der Waals surface area contributed by atoms with Crippen LogP contribution in [0.1, 0.15) is 28.7 Å². The van der Waals surface area contributed by atoms with Gasteiger partial charge in [-0.3, -0.25) is 9.48 Å². The first-order valence-corrected chi connectivity index (χ1v) is 6.88. The zero-order valence-electron chi connectivity index (χ0n) is 12.2. The first kappa shape index (κ1) is 13.7. The van der Waals surface area contributed by atoms with Crippen LogP contribution in [-0.2, 0) is 19.5 Å². The number of nitrogens with zero attached hydrogens (tertiary/aromatic N) is 4. The fraction of sp³-hybridized carbons (Fsp3) is 0.500. The average molecular weight is 290 g/mol. The highest BCUT2D eigenvalue weighted by Gasteiger charge is 2.35. The Morgan fingerprint density at radius 3 is 2.76 bits per heavy atom. The number of fused-ring (bicyclic) bond motifs is 3. The summed E-state index contributed by atoms with van der Waals surface area (Å²) < 4.78 is 1.68. The molecule has 1 atom stereocenters. The maximum Gasteiger partial charge on any atom is 0.407 e. The summed E-state index contributed by atoms with van der Waals surface area (Å²) in [4.78, 5) is 26.8.